The van der Waals surface area contributed by atoms with Crippen molar-refractivity contribution in [2.45, 2.75) is 31.3 Å². The molecule has 1 heterocycles. The van der Waals surface area contributed by atoms with E-state index in [-0.39, 0.29) is 5.60 Å². The Labute approximate surface area is 88.5 Å². The lowest BCUT2D eigenvalue weighted by Gasteiger charge is -2.27. The number of hydrogen-bond donors (Lipinski definition) is 1. The van der Waals surface area contributed by atoms with E-state index in [0.717, 1.165) is 11.7 Å². The van der Waals surface area contributed by atoms with E-state index < -0.39 is 0 Å². The number of ether oxygens (including phenoxy) is 1. The monoisotopic (exact) mass is 212 g/mol. The average molecular weight is 212 g/mol. The lowest BCUT2D eigenvalue weighted by Crippen LogP contribution is -2.35. The lowest BCUT2D eigenvalue weighted by molar-refractivity contribution is 0.00742. The van der Waals surface area contributed by atoms with Gasteiger partial charge in [-0.25, -0.2) is 4.98 Å². The Morgan fingerprint density at radius 2 is 2.36 bits per heavy atom. The molecular formula is C10H16N2OS. The van der Waals surface area contributed by atoms with Crippen molar-refractivity contribution < 1.29 is 4.74 Å². The van der Waals surface area contributed by atoms with Gasteiger partial charge in [0.25, 0.3) is 0 Å². The molecule has 1 aromatic heterocycles. The Bertz CT molecular complexity index is 268. The molecule has 1 aliphatic rings. The van der Waals surface area contributed by atoms with Gasteiger partial charge >= 0.3 is 0 Å². The van der Waals surface area contributed by atoms with Crippen LogP contribution in [0.1, 0.15) is 25.7 Å². The van der Waals surface area contributed by atoms with Crippen molar-refractivity contribution in [3.8, 4) is 0 Å². The third-order valence-electron chi connectivity index (χ3n) is 2.94. The maximum absolute atomic E-state index is 5.61. The van der Waals surface area contributed by atoms with Gasteiger partial charge in [-0.3, -0.25) is 0 Å². The zero-order chi connectivity index (χ0) is 9.86. The molecule has 1 aliphatic carbocycles. The summed E-state index contributed by atoms with van der Waals surface area (Å²) in [5.41, 5.74) is 0.0612. The van der Waals surface area contributed by atoms with Gasteiger partial charge in [-0.2, -0.15) is 0 Å². The molecule has 3 nitrogen and oxygen atoms in total. The van der Waals surface area contributed by atoms with Gasteiger partial charge in [0.05, 0.1) is 5.60 Å². The van der Waals surface area contributed by atoms with E-state index in [0.29, 0.717) is 0 Å². The molecule has 14 heavy (non-hydrogen) atoms. The fourth-order valence-corrected chi connectivity index (χ4v) is 2.55. The molecule has 1 saturated carbocycles. The number of methoxy groups -OCH3 is 1. The van der Waals surface area contributed by atoms with Crippen LogP contribution in [0.15, 0.2) is 11.6 Å². The number of nitrogens with one attached hydrogen (secondary N) is 1. The van der Waals surface area contributed by atoms with Gasteiger partial charge in [-0.1, -0.05) is 12.8 Å². The molecule has 1 aromatic rings. The summed E-state index contributed by atoms with van der Waals surface area (Å²) >= 11 is 1.64. The Balaban J connectivity index is 1.89. The molecule has 0 amide bonds. The molecule has 78 valence electrons. The van der Waals surface area contributed by atoms with E-state index in [1.807, 2.05) is 18.7 Å². The molecular weight excluding hydrogens is 196 g/mol. The van der Waals surface area contributed by atoms with Crippen LogP contribution in [0.5, 0.6) is 0 Å². The lowest BCUT2D eigenvalue weighted by atomic mass is 10.0. The van der Waals surface area contributed by atoms with Crippen LogP contribution in [-0.2, 0) is 4.74 Å². The topological polar surface area (TPSA) is 34.1 Å². The largest absolute Gasteiger partial charge is 0.376 e. The van der Waals surface area contributed by atoms with Crippen LogP contribution in [0.3, 0.4) is 0 Å². The predicted molar refractivity (Wildman–Crippen MR) is 58.8 cm³/mol. The van der Waals surface area contributed by atoms with Crippen molar-refractivity contribution in [1.29, 1.82) is 0 Å². The summed E-state index contributed by atoms with van der Waals surface area (Å²) in [4.78, 5) is 4.19. The van der Waals surface area contributed by atoms with Crippen LogP contribution >= 0.6 is 11.3 Å². The van der Waals surface area contributed by atoms with Crippen molar-refractivity contribution in [3.63, 3.8) is 0 Å². The molecule has 4 heteroatoms. The second-order valence-corrected chi connectivity index (χ2v) is 4.68. The van der Waals surface area contributed by atoms with Crippen molar-refractivity contribution in [2.75, 3.05) is 19.0 Å². The highest BCUT2D eigenvalue weighted by molar-refractivity contribution is 7.13. The van der Waals surface area contributed by atoms with Gasteiger partial charge in [-0.15, -0.1) is 11.3 Å². The van der Waals surface area contributed by atoms with E-state index in [2.05, 4.69) is 10.3 Å². The summed E-state index contributed by atoms with van der Waals surface area (Å²) in [6.45, 7) is 0.886. The third-order valence-corrected chi connectivity index (χ3v) is 3.67. The van der Waals surface area contributed by atoms with E-state index in [4.69, 9.17) is 4.74 Å². The first-order chi connectivity index (χ1) is 6.85. The minimum absolute atomic E-state index is 0.0612. The summed E-state index contributed by atoms with van der Waals surface area (Å²) in [6.07, 6.45) is 6.73. The van der Waals surface area contributed by atoms with Crippen LogP contribution in [0.25, 0.3) is 0 Å². The summed E-state index contributed by atoms with van der Waals surface area (Å²) in [6, 6.07) is 0. The quantitative estimate of drug-likeness (QED) is 0.832. The second kappa shape index (κ2) is 4.28. The molecule has 0 atom stereocenters. The molecule has 0 saturated heterocycles. The normalized spacial score (nSPS) is 19.8. The summed E-state index contributed by atoms with van der Waals surface area (Å²) in [5.74, 6) is 0. The molecule has 2 rings (SSSR count). The number of thiazole rings is 1. The van der Waals surface area contributed by atoms with Crippen LogP contribution in [0.2, 0.25) is 0 Å². The van der Waals surface area contributed by atoms with Gasteiger partial charge in [0.1, 0.15) is 0 Å². The first-order valence-electron chi connectivity index (χ1n) is 5.03. The highest BCUT2D eigenvalue weighted by Crippen LogP contribution is 2.32. The fraction of sp³-hybridized carbons (Fsp3) is 0.700. The Kier molecular flexibility index (Phi) is 3.03. The van der Waals surface area contributed by atoms with Gasteiger partial charge in [-0.05, 0) is 12.8 Å². The van der Waals surface area contributed by atoms with Crippen LogP contribution < -0.4 is 5.32 Å². The molecule has 0 aromatic carbocycles. The molecule has 1 fully saturated rings. The third kappa shape index (κ3) is 2.07. The Morgan fingerprint density at radius 3 is 2.93 bits per heavy atom. The molecule has 0 radical (unpaired) electrons. The van der Waals surface area contributed by atoms with Crippen LogP contribution in [0.4, 0.5) is 5.13 Å². The summed E-state index contributed by atoms with van der Waals surface area (Å²) < 4.78 is 5.61. The Morgan fingerprint density at radius 1 is 1.57 bits per heavy atom. The summed E-state index contributed by atoms with van der Waals surface area (Å²) in [5, 5.41) is 6.32. The van der Waals surface area contributed by atoms with Gasteiger partial charge in [0.2, 0.25) is 0 Å². The SMILES string of the molecule is COC1(CNc2nccs2)CCCC1. The number of rotatable bonds is 4. The van der Waals surface area contributed by atoms with Crippen LogP contribution in [-0.4, -0.2) is 24.2 Å². The van der Waals surface area contributed by atoms with E-state index in [1.165, 1.54) is 25.7 Å². The smallest absolute Gasteiger partial charge is 0.182 e. The van der Waals surface area contributed by atoms with Crippen molar-refractivity contribution in [3.05, 3.63) is 11.6 Å². The minimum atomic E-state index is 0.0612. The van der Waals surface area contributed by atoms with Gasteiger partial charge in [0.15, 0.2) is 5.13 Å². The first kappa shape index (κ1) is 9.93. The van der Waals surface area contributed by atoms with Gasteiger partial charge in [0, 0.05) is 25.2 Å². The Hall–Kier alpha value is -0.610. The molecule has 0 bridgehead atoms. The fourth-order valence-electron chi connectivity index (χ4n) is 2.02. The molecule has 0 unspecified atom stereocenters. The molecule has 1 N–H and O–H groups in total. The molecule has 0 spiro atoms. The standard InChI is InChI=1S/C10H16N2OS/c1-13-10(4-2-3-5-10)8-12-9-11-6-7-14-9/h6-7H,2-5,8H2,1H3,(H,11,12). The van der Waals surface area contributed by atoms with E-state index in [9.17, 15) is 0 Å². The van der Waals surface area contributed by atoms with Gasteiger partial charge < -0.3 is 10.1 Å². The maximum atomic E-state index is 5.61. The predicted octanol–water partition coefficient (Wildman–Crippen LogP) is 2.51. The highest BCUT2D eigenvalue weighted by Gasteiger charge is 2.33. The van der Waals surface area contributed by atoms with E-state index >= 15 is 0 Å². The minimum Gasteiger partial charge on any atom is -0.376 e. The number of nitrogens with zero attached hydrogens (tertiary/aromatic N) is 1. The van der Waals surface area contributed by atoms with Crippen LogP contribution in [0, 0.1) is 0 Å². The number of anilines is 1. The van der Waals surface area contributed by atoms with Crippen molar-refractivity contribution in [2.24, 2.45) is 0 Å². The zero-order valence-corrected chi connectivity index (χ0v) is 9.27. The number of hydrogen-bond acceptors (Lipinski definition) is 4. The molecule has 0 aliphatic heterocycles. The maximum Gasteiger partial charge on any atom is 0.182 e. The first-order valence-corrected chi connectivity index (χ1v) is 5.91. The average Bonchev–Trinajstić information content (AvgIpc) is 2.87. The zero-order valence-electron chi connectivity index (χ0n) is 8.45. The number of aromatic nitrogens is 1. The highest BCUT2D eigenvalue weighted by atomic mass is 32.1. The second-order valence-electron chi connectivity index (χ2n) is 3.79. The van der Waals surface area contributed by atoms with Crippen molar-refractivity contribution in [1.82, 2.24) is 4.98 Å². The van der Waals surface area contributed by atoms with E-state index in [1.54, 1.807) is 11.3 Å². The van der Waals surface area contributed by atoms with Crippen molar-refractivity contribution >= 4 is 16.5 Å². The summed E-state index contributed by atoms with van der Waals surface area (Å²) in [7, 11) is 1.81.